The average Bonchev–Trinajstić information content (AvgIpc) is 2.98. The predicted molar refractivity (Wildman–Crippen MR) is 198 cm³/mol. The molecule has 0 aromatic heterocycles. The van der Waals surface area contributed by atoms with Crippen molar-refractivity contribution in [3.8, 4) is 0 Å². The summed E-state index contributed by atoms with van der Waals surface area (Å²) in [5, 5.41) is 0. The molecule has 0 amide bonds. The van der Waals surface area contributed by atoms with Crippen LogP contribution in [0.4, 0.5) is 0 Å². The summed E-state index contributed by atoms with van der Waals surface area (Å²) >= 11 is 0. The average molecular weight is 597 g/mol. The van der Waals surface area contributed by atoms with Gasteiger partial charge in [-0.25, -0.2) is 0 Å². The van der Waals surface area contributed by atoms with E-state index in [0.717, 1.165) is 0 Å². The van der Waals surface area contributed by atoms with Crippen molar-refractivity contribution in [3.63, 3.8) is 0 Å². The van der Waals surface area contributed by atoms with Crippen LogP contribution in [0.2, 0.25) is 0 Å². The molecule has 0 saturated heterocycles. The fraction of sp³-hybridized carbons (Fsp3) is 1.00. The normalized spacial score (nSPS) is 12.4. The number of hydrogen-bond acceptors (Lipinski definition) is 0. The molecule has 0 aromatic carbocycles. The van der Waals surface area contributed by atoms with E-state index < -0.39 is 7.26 Å². The van der Waals surface area contributed by atoms with Crippen molar-refractivity contribution in [2.45, 2.75) is 233 Å². The molecule has 0 heterocycles. The van der Waals surface area contributed by atoms with Crippen LogP contribution in [0.15, 0.2) is 0 Å². The number of unbranched alkanes of at least 4 members (excludes halogenated alkanes) is 28. The van der Waals surface area contributed by atoms with Gasteiger partial charge in [-0.2, -0.15) is 0 Å². The van der Waals surface area contributed by atoms with E-state index in [4.69, 9.17) is 0 Å². The van der Waals surface area contributed by atoms with Crippen molar-refractivity contribution >= 4 is 7.26 Å². The van der Waals surface area contributed by atoms with E-state index in [0.29, 0.717) is 0 Å². The van der Waals surface area contributed by atoms with Crippen LogP contribution < -0.4 is 0 Å². The first kappa shape index (κ1) is 41.4. The van der Waals surface area contributed by atoms with Gasteiger partial charge in [0.2, 0.25) is 0 Å². The minimum atomic E-state index is -1.10. The molecule has 0 saturated carbocycles. The van der Waals surface area contributed by atoms with Gasteiger partial charge >= 0.3 is 239 Å². The zero-order chi connectivity index (χ0) is 30.0. The summed E-state index contributed by atoms with van der Waals surface area (Å²) in [6, 6.07) is 0. The molecule has 0 atom stereocenters. The van der Waals surface area contributed by atoms with Crippen LogP contribution in [-0.2, 0) is 0 Å². The third kappa shape index (κ3) is 30.2. The third-order valence-electron chi connectivity index (χ3n) is 10.2. The topological polar surface area (TPSA) is 0 Å². The SMILES string of the molecule is CCCCCCCCCCCCCCCC[PH](CCCCCCCC)(CCCCCCCC)CCCCCCCC. The molecule has 41 heavy (non-hydrogen) atoms. The minimum absolute atomic E-state index is 1.10. The molecule has 0 spiro atoms. The van der Waals surface area contributed by atoms with Gasteiger partial charge in [0.25, 0.3) is 0 Å². The predicted octanol–water partition coefficient (Wildman–Crippen LogP) is 15.3. The second kappa shape index (κ2) is 34.9. The van der Waals surface area contributed by atoms with Gasteiger partial charge in [0.15, 0.2) is 0 Å². The van der Waals surface area contributed by atoms with Gasteiger partial charge in [-0.3, -0.25) is 0 Å². The van der Waals surface area contributed by atoms with Crippen molar-refractivity contribution in [1.29, 1.82) is 0 Å². The van der Waals surface area contributed by atoms with Crippen LogP contribution in [0.3, 0.4) is 0 Å². The zero-order valence-corrected chi connectivity index (χ0v) is 31.0. The second-order valence-corrected chi connectivity index (χ2v) is 19.4. The van der Waals surface area contributed by atoms with Crippen molar-refractivity contribution in [2.75, 3.05) is 24.6 Å². The first-order valence-corrected chi connectivity index (χ1v) is 23.1. The van der Waals surface area contributed by atoms with E-state index in [1.165, 1.54) is 180 Å². The maximum atomic E-state index is 2.36. The van der Waals surface area contributed by atoms with Crippen LogP contribution in [-0.4, -0.2) is 24.6 Å². The fourth-order valence-electron chi connectivity index (χ4n) is 7.29. The van der Waals surface area contributed by atoms with Crippen LogP contribution in [0.1, 0.15) is 233 Å². The van der Waals surface area contributed by atoms with Crippen molar-refractivity contribution in [2.24, 2.45) is 0 Å². The molecule has 0 fully saturated rings. The van der Waals surface area contributed by atoms with Crippen molar-refractivity contribution < 1.29 is 0 Å². The molecule has 0 aliphatic heterocycles. The van der Waals surface area contributed by atoms with Crippen LogP contribution in [0.5, 0.6) is 0 Å². The standard InChI is InChI=1S/C40H85P/c1-5-9-13-17-21-22-23-24-25-26-27-28-32-36-40-41(37-33-29-18-14-10-6-2,38-34-30-19-15-11-7-3)39-35-31-20-16-12-8-4/h41H,5-40H2,1-4H3. The molecule has 0 N–H and O–H groups in total. The molecule has 0 aromatic rings. The third-order valence-corrected chi connectivity index (χ3v) is 15.9. The van der Waals surface area contributed by atoms with E-state index in [-0.39, 0.29) is 0 Å². The summed E-state index contributed by atoms with van der Waals surface area (Å²) in [6.07, 6.45) is 54.4. The Morgan fingerprint density at radius 3 is 0.512 bits per heavy atom. The van der Waals surface area contributed by atoms with Crippen LogP contribution in [0.25, 0.3) is 0 Å². The fourth-order valence-corrected chi connectivity index (χ4v) is 12.8. The van der Waals surface area contributed by atoms with Gasteiger partial charge in [0, 0.05) is 0 Å². The Hall–Kier alpha value is 0.430. The van der Waals surface area contributed by atoms with Crippen molar-refractivity contribution in [3.05, 3.63) is 0 Å². The Bertz CT molecular complexity index is 417. The Balaban J connectivity index is 4.53. The summed E-state index contributed by atoms with van der Waals surface area (Å²) in [5.74, 6) is 0. The quantitative estimate of drug-likeness (QED) is 0.0498. The Morgan fingerprint density at radius 1 is 0.195 bits per heavy atom. The summed E-state index contributed by atoms with van der Waals surface area (Å²) in [6.45, 7) is 9.39. The number of hydrogen-bond donors (Lipinski definition) is 0. The van der Waals surface area contributed by atoms with E-state index in [9.17, 15) is 0 Å². The van der Waals surface area contributed by atoms with Gasteiger partial charge in [-0.15, -0.1) is 0 Å². The van der Waals surface area contributed by atoms with E-state index in [1.54, 1.807) is 50.3 Å². The first-order chi connectivity index (χ1) is 20.2. The Labute approximate surface area is 264 Å². The molecule has 0 unspecified atom stereocenters. The van der Waals surface area contributed by atoms with E-state index in [2.05, 4.69) is 27.7 Å². The molecule has 0 aliphatic rings. The van der Waals surface area contributed by atoms with Crippen molar-refractivity contribution in [1.82, 2.24) is 0 Å². The Morgan fingerprint density at radius 2 is 0.341 bits per heavy atom. The van der Waals surface area contributed by atoms with Gasteiger partial charge in [0.05, 0.1) is 0 Å². The van der Waals surface area contributed by atoms with Gasteiger partial charge in [0.1, 0.15) is 0 Å². The monoisotopic (exact) mass is 597 g/mol. The number of rotatable bonds is 36. The summed E-state index contributed by atoms with van der Waals surface area (Å²) in [4.78, 5) is 0. The van der Waals surface area contributed by atoms with Crippen LogP contribution >= 0.6 is 7.26 Å². The molecule has 0 radical (unpaired) electrons. The van der Waals surface area contributed by atoms with Gasteiger partial charge < -0.3 is 0 Å². The van der Waals surface area contributed by atoms with Gasteiger partial charge in [-0.1, -0.05) is 26.2 Å². The first-order valence-electron chi connectivity index (χ1n) is 20.2. The summed E-state index contributed by atoms with van der Waals surface area (Å²) in [5.41, 5.74) is 0. The maximum absolute atomic E-state index is 2.36. The molecule has 1 heteroatoms. The summed E-state index contributed by atoms with van der Waals surface area (Å²) < 4.78 is 0. The molecule has 0 rings (SSSR count). The molecule has 0 nitrogen and oxygen atoms in total. The van der Waals surface area contributed by atoms with Gasteiger partial charge in [-0.05, 0) is 0 Å². The zero-order valence-electron chi connectivity index (χ0n) is 30.0. The molecular weight excluding hydrogens is 511 g/mol. The molecule has 0 bridgehead atoms. The van der Waals surface area contributed by atoms with E-state index >= 15 is 0 Å². The Kier molecular flexibility index (Phi) is 35.3. The van der Waals surface area contributed by atoms with E-state index in [1.807, 2.05) is 0 Å². The molecule has 250 valence electrons. The summed E-state index contributed by atoms with van der Waals surface area (Å²) in [7, 11) is -1.10. The molecular formula is C40H85P. The molecule has 0 aliphatic carbocycles. The second-order valence-electron chi connectivity index (χ2n) is 14.4. The van der Waals surface area contributed by atoms with Crippen LogP contribution in [0, 0.1) is 0 Å².